The highest BCUT2D eigenvalue weighted by molar-refractivity contribution is 5.78. The van der Waals surface area contributed by atoms with Crippen LogP contribution in [-0.4, -0.2) is 53.6 Å². The van der Waals surface area contributed by atoms with Crippen LogP contribution in [0.4, 0.5) is 4.39 Å². The summed E-state index contributed by atoms with van der Waals surface area (Å²) in [5, 5.41) is 2.96. The minimum absolute atomic E-state index is 0.0174. The quantitative estimate of drug-likeness (QED) is 0.896. The van der Waals surface area contributed by atoms with Crippen LogP contribution < -0.4 is 10.1 Å². The Labute approximate surface area is 146 Å². The first-order chi connectivity index (χ1) is 12.1. The summed E-state index contributed by atoms with van der Waals surface area (Å²) >= 11 is 0. The molecule has 134 valence electrons. The normalized spacial score (nSPS) is 16.1. The number of carbonyl (C=O) groups is 1. The number of likely N-dealkylation sites (tertiary alicyclic amines) is 1. The van der Waals surface area contributed by atoms with Crippen molar-refractivity contribution in [1.29, 1.82) is 0 Å². The summed E-state index contributed by atoms with van der Waals surface area (Å²) in [5.41, 5.74) is 1.81. The molecule has 0 bridgehead atoms. The molecule has 0 atom stereocenters. The smallest absolute Gasteiger partial charge is 0.217 e. The summed E-state index contributed by atoms with van der Waals surface area (Å²) < 4.78 is 19.5. The van der Waals surface area contributed by atoms with Gasteiger partial charge in [0.1, 0.15) is 5.82 Å². The van der Waals surface area contributed by atoms with Crippen LogP contribution in [0.25, 0.3) is 11.0 Å². The first-order valence-electron chi connectivity index (χ1n) is 8.54. The molecule has 2 aromatic rings. The highest BCUT2D eigenvalue weighted by Crippen LogP contribution is 2.22. The summed E-state index contributed by atoms with van der Waals surface area (Å²) in [6.07, 6.45) is 3.67. The molecule has 0 aliphatic carbocycles. The molecular weight excluding hydrogens is 323 g/mol. The number of fused-ring (bicyclic) bond motifs is 1. The highest BCUT2D eigenvalue weighted by atomic mass is 19.1. The van der Waals surface area contributed by atoms with Gasteiger partial charge in [-0.05, 0) is 25.3 Å². The average Bonchev–Trinajstić information content (AvgIpc) is 2.61. The van der Waals surface area contributed by atoms with Crippen LogP contribution in [0.3, 0.4) is 0 Å². The molecule has 0 unspecified atom stereocenters. The Hall–Kier alpha value is -2.28. The van der Waals surface area contributed by atoms with Gasteiger partial charge in [0.25, 0.3) is 0 Å². The number of carbonyl (C=O) groups excluding carboxylic acids is 1. The van der Waals surface area contributed by atoms with Crippen LogP contribution >= 0.6 is 0 Å². The second-order valence-electron chi connectivity index (χ2n) is 6.37. The zero-order valence-corrected chi connectivity index (χ0v) is 14.6. The monoisotopic (exact) mass is 346 g/mol. The number of amides is 1. The number of methoxy groups -OCH3 is 1. The van der Waals surface area contributed by atoms with E-state index in [1.807, 2.05) is 0 Å². The molecule has 6 nitrogen and oxygen atoms in total. The molecule has 1 amide bonds. The minimum atomic E-state index is -0.332. The zero-order chi connectivity index (χ0) is 17.8. The maximum atomic E-state index is 14.3. The lowest BCUT2D eigenvalue weighted by molar-refractivity contribution is -0.119. The molecule has 0 radical (unpaired) electrons. The Bertz CT molecular complexity index is 760. The Kier molecular flexibility index (Phi) is 5.43. The molecule has 1 aliphatic rings. The predicted molar refractivity (Wildman–Crippen MR) is 93.0 cm³/mol. The summed E-state index contributed by atoms with van der Waals surface area (Å²) in [4.78, 5) is 21.9. The lowest BCUT2D eigenvalue weighted by atomic mass is 10.0. The molecule has 3 rings (SSSR count). The second-order valence-corrected chi connectivity index (χ2v) is 6.37. The van der Waals surface area contributed by atoms with E-state index in [-0.39, 0.29) is 17.8 Å². The Balaban J connectivity index is 1.67. The topological polar surface area (TPSA) is 67.3 Å². The number of hydrogen-bond acceptors (Lipinski definition) is 5. The number of halogens is 1. The molecule has 1 N–H and O–H groups in total. The van der Waals surface area contributed by atoms with Gasteiger partial charge in [0.2, 0.25) is 11.8 Å². The van der Waals surface area contributed by atoms with Crippen molar-refractivity contribution in [2.24, 2.45) is 0 Å². The van der Waals surface area contributed by atoms with Gasteiger partial charge in [-0.3, -0.25) is 9.78 Å². The van der Waals surface area contributed by atoms with Crippen LogP contribution in [0.2, 0.25) is 0 Å². The molecule has 0 spiro atoms. The van der Waals surface area contributed by atoms with Gasteiger partial charge in [0, 0.05) is 44.2 Å². The predicted octanol–water partition coefficient (Wildman–Crippen LogP) is 1.92. The van der Waals surface area contributed by atoms with Crippen LogP contribution in [0, 0.1) is 5.82 Å². The largest absolute Gasteiger partial charge is 0.481 e. The fourth-order valence-corrected chi connectivity index (χ4v) is 3.29. The molecule has 0 saturated carbocycles. The number of pyridine rings is 2. The third-order valence-corrected chi connectivity index (χ3v) is 4.62. The molecule has 25 heavy (non-hydrogen) atoms. The number of rotatable bonds is 5. The Morgan fingerprint density at radius 1 is 1.40 bits per heavy atom. The molecule has 2 aromatic heterocycles. The van der Waals surface area contributed by atoms with Gasteiger partial charge in [-0.25, -0.2) is 9.37 Å². The van der Waals surface area contributed by atoms with Gasteiger partial charge in [0.15, 0.2) is 0 Å². The third kappa shape index (κ3) is 4.22. The van der Waals surface area contributed by atoms with E-state index < -0.39 is 0 Å². The van der Waals surface area contributed by atoms with Gasteiger partial charge in [-0.1, -0.05) is 0 Å². The Morgan fingerprint density at radius 2 is 2.16 bits per heavy atom. The van der Waals surface area contributed by atoms with Gasteiger partial charge < -0.3 is 15.0 Å². The van der Waals surface area contributed by atoms with Crippen molar-refractivity contribution in [3.63, 3.8) is 0 Å². The number of nitrogens with one attached hydrogen (secondary N) is 1. The van der Waals surface area contributed by atoms with Gasteiger partial charge in [-0.2, -0.15) is 0 Å². The third-order valence-electron chi connectivity index (χ3n) is 4.62. The van der Waals surface area contributed by atoms with E-state index in [9.17, 15) is 9.18 Å². The molecule has 3 heterocycles. The zero-order valence-electron chi connectivity index (χ0n) is 14.6. The van der Waals surface area contributed by atoms with E-state index in [1.54, 1.807) is 26.2 Å². The molecule has 1 saturated heterocycles. The van der Waals surface area contributed by atoms with Gasteiger partial charge in [0.05, 0.1) is 24.3 Å². The summed E-state index contributed by atoms with van der Waals surface area (Å²) in [6, 6.07) is 3.77. The van der Waals surface area contributed by atoms with Gasteiger partial charge >= 0.3 is 0 Å². The van der Waals surface area contributed by atoms with Crippen molar-refractivity contribution in [2.45, 2.75) is 32.2 Å². The first kappa shape index (κ1) is 17.5. The van der Waals surface area contributed by atoms with Gasteiger partial charge in [-0.15, -0.1) is 0 Å². The molecule has 1 fully saturated rings. The number of ether oxygens (including phenoxy) is 1. The van der Waals surface area contributed by atoms with Crippen molar-refractivity contribution in [3.8, 4) is 5.88 Å². The van der Waals surface area contributed by atoms with E-state index in [0.29, 0.717) is 28.9 Å². The minimum Gasteiger partial charge on any atom is -0.481 e. The number of aromatic nitrogens is 2. The van der Waals surface area contributed by atoms with Crippen molar-refractivity contribution in [3.05, 3.63) is 29.7 Å². The van der Waals surface area contributed by atoms with E-state index in [1.165, 1.54) is 6.20 Å². The van der Waals surface area contributed by atoms with E-state index in [0.717, 1.165) is 32.5 Å². The summed E-state index contributed by atoms with van der Waals surface area (Å²) in [6.45, 7) is 4.09. The van der Waals surface area contributed by atoms with E-state index in [4.69, 9.17) is 4.74 Å². The summed E-state index contributed by atoms with van der Waals surface area (Å²) in [7, 11) is 1.54. The molecular formula is C18H23FN4O2. The van der Waals surface area contributed by atoms with Crippen LogP contribution in [0.5, 0.6) is 5.88 Å². The van der Waals surface area contributed by atoms with Crippen LogP contribution in [0.1, 0.15) is 25.3 Å². The lowest BCUT2D eigenvalue weighted by Crippen LogP contribution is -2.44. The van der Waals surface area contributed by atoms with Crippen molar-refractivity contribution in [2.75, 3.05) is 26.7 Å². The fraction of sp³-hybridized carbons (Fsp3) is 0.500. The lowest BCUT2D eigenvalue weighted by Gasteiger charge is -2.32. The number of piperidine rings is 1. The Morgan fingerprint density at radius 3 is 2.84 bits per heavy atom. The summed E-state index contributed by atoms with van der Waals surface area (Å²) in [5.74, 6) is 0.141. The van der Waals surface area contributed by atoms with Crippen molar-refractivity contribution >= 4 is 16.9 Å². The molecule has 7 heteroatoms. The van der Waals surface area contributed by atoms with E-state index in [2.05, 4.69) is 20.2 Å². The average molecular weight is 346 g/mol. The van der Waals surface area contributed by atoms with Crippen LogP contribution in [0.15, 0.2) is 18.3 Å². The standard InChI is InChI=1S/C18H23FN4O2/c1-12(24)21-13-5-8-23(9-6-13)10-7-14-15(19)11-20-16-3-4-17(25-2)22-18(14)16/h3-4,11,13H,5-10H2,1-2H3,(H,21,24). The molecule has 0 aromatic carbocycles. The molecule has 1 aliphatic heterocycles. The highest BCUT2D eigenvalue weighted by Gasteiger charge is 2.20. The SMILES string of the molecule is COc1ccc2ncc(F)c(CCN3CCC(NC(C)=O)CC3)c2n1. The maximum absolute atomic E-state index is 14.3. The number of nitrogens with zero attached hydrogens (tertiary/aromatic N) is 3. The van der Waals surface area contributed by atoms with Crippen LogP contribution in [-0.2, 0) is 11.2 Å². The van der Waals surface area contributed by atoms with Crippen molar-refractivity contribution < 1.29 is 13.9 Å². The van der Waals surface area contributed by atoms with Crippen molar-refractivity contribution in [1.82, 2.24) is 20.2 Å². The fourth-order valence-electron chi connectivity index (χ4n) is 3.29. The first-order valence-corrected chi connectivity index (χ1v) is 8.54. The number of hydrogen-bond donors (Lipinski definition) is 1. The maximum Gasteiger partial charge on any atom is 0.217 e. The van der Waals surface area contributed by atoms with E-state index >= 15 is 0 Å². The second kappa shape index (κ2) is 7.74.